The third kappa shape index (κ3) is 3.82. The van der Waals surface area contributed by atoms with Gasteiger partial charge in [-0.1, -0.05) is 66.5 Å². The van der Waals surface area contributed by atoms with E-state index < -0.39 is 0 Å². The van der Waals surface area contributed by atoms with E-state index in [1.165, 1.54) is 31.2 Å². The molecule has 2 nitrogen and oxygen atoms in total. The molecule has 0 saturated heterocycles. The van der Waals surface area contributed by atoms with Crippen LogP contribution in [-0.4, -0.2) is 10.9 Å². The number of phenols is 1. The van der Waals surface area contributed by atoms with Crippen LogP contribution >= 0.6 is 0 Å². The zero-order valence-electron chi connectivity index (χ0n) is 18.2. The Labute approximate surface area is 165 Å². The molecule has 2 aliphatic rings. The summed E-state index contributed by atoms with van der Waals surface area (Å²) >= 11 is 0. The van der Waals surface area contributed by atoms with Gasteiger partial charge < -0.3 is 5.11 Å². The van der Waals surface area contributed by atoms with Gasteiger partial charge in [-0.3, -0.25) is 4.79 Å². The van der Waals surface area contributed by atoms with Gasteiger partial charge in [0.05, 0.1) is 0 Å². The van der Waals surface area contributed by atoms with Gasteiger partial charge >= 0.3 is 0 Å². The maximum Gasteiger partial charge on any atom is 0.136 e. The minimum Gasteiger partial charge on any atom is -0.508 e. The molecular weight excluding hydrogens is 332 g/mol. The Bertz CT molecular complexity index is 696. The van der Waals surface area contributed by atoms with Crippen molar-refractivity contribution in [3.8, 4) is 5.75 Å². The number of hydrogen-bond donors (Lipinski definition) is 1. The number of hydrogen-bond acceptors (Lipinski definition) is 2. The van der Waals surface area contributed by atoms with Crippen LogP contribution in [-0.2, 0) is 15.6 Å². The second-order valence-electron chi connectivity index (χ2n) is 11.2. The second kappa shape index (κ2) is 6.94. The maximum absolute atomic E-state index is 12.6. The van der Waals surface area contributed by atoms with Crippen LogP contribution in [0.2, 0.25) is 0 Å². The molecule has 2 heteroatoms. The molecule has 0 bridgehead atoms. The summed E-state index contributed by atoms with van der Waals surface area (Å²) in [5.74, 6) is 1.62. The highest BCUT2D eigenvalue weighted by atomic mass is 16.3. The standard InChI is InChI=1S/C25H38O2/c1-23(2,3)19-15-17(9-11-21(19)26)25(13-7-8-14-25)18-10-12-22(27)20(16-18)24(4,5)6/h9,11,15,18,20,26H,7-8,10,12-14,16H2,1-6H3. The number of rotatable bonds is 2. The van der Waals surface area contributed by atoms with Crippen LogP contribution in [0.4, 0.5) is 0 Å². The molecule has 2 fully saturated rings. The number of ketones is 1. The van der Waals surface area contributed by atoms with Crippen molar-refractivity contribution in [2.24, 2.45) is 17.3 Å². The van der Waals surface area contributed by atoms with Crippen LogP contribution in [0.5, 0.6) is 5.75 Å². The van der Waals surface area contributed by atoms with Crippen molar-refractivity contribution in [2.45, 2.75) is 97.3 Å². The fourth-order valence-electron chi connectivity index (χ4n) is 5.75. The largest absolute Gasteiger partial charge is 0.508 e. The molecule has 1 aromatic carbocycles. The molecule has 0 heterocycles. The highest BCUT2D eigenvalue weighted by molar-refractivity contribution is 5.82. The van der Waals surface area contributed by atoms with Gasteiger partial charge in [0, 0.05) is 12.3 Å². The highest BCUT2D eigenvalue weighted by Crippen LogP contribution is 2.54. The van der Waals surface area contributed by atoms with Gasteiger partial charge in [-0.15, -0.1) is 0 Å². The number of phenolic OH excluding ortho intramolecular Hbond substituents is 1. The first-order valence-electron chi connectivity index (χ1n) is 10.8. The lowest BCUT2D eigenvalue weighted by Gasteiger charge is -2.45. The molecule has 1 aromatic rings. The molecule has 0 spiro atoms. The Balaban J connectivity index is 2.01. The molecule has 0 aromatic heterocycles. The number of carbonyl (C=O) groups is 1. The van der Waals surface area contributed by atoms with Crippen molar-refractivity contribution in [3.63, 3.8) is 0 Å². The van der Waals surface area contributed by atoms with Crippen molar-refractivity contribution in [3.05, 3.63) is 29.3 Å². The Kier molecular flexibility index (Phi) is 5.25. The Morgan fingerprint density at radius 1 is 1.04 bits per heavy atom. The van der Waals surface area contributed by atoms with Crippen LogP contribution in [0.1, 0.15) is 97.6 Å². The topological polar surface area (TPSA) is 37.3 Å². The van der Waals surface area contributed by atoms with Crippen LogP contribution in [0, 0.1) is 17.3 Å². The quantitative estimate of drug-likeness (QED) is 0.642. The zero-order chi connectivity index (χ0) is 20.0. The van der Waals surface area contributed by atoms with Crippen molar-refractivity contribution in [1.82, 2.24) is 0 Å². The number of carbonyl (C=O) groups excluding carboxylic acids is 1. The molecule has 0 radical (unpaired) electrons. The van der Waals surface area contributed by atoms with E-state index in [-0.39, 0.29) is 22.2 Å². The molecule has 3 rings (SSSR count). The predicted octanol–water partition coefficient (Wildman–Crippen LogP) is 6.53. The first-order valence-corrected chi connectivity index (χ1v) is 10.8. The SMILES string of the molecule is CC(C)(C)c1cc(C2(C3CCC(=O)C(C(C)(C)C)C3)CCCC2)ccc1O. The fraction of sp³-hybridized carbons (Fsp3) is 0.720. The summed E-state index contributed by atoms with van der Waals surface area (Å²) in [6.45, 7) is 13.2. The average Bonchev–Trinajstić information content (AvgIpc) is 3.04. The first kappa shape index (κ1) is 20.4. The Morgan fingerprint density at radius 2 is 1.67 bits per heavy atom. The highest BCUT2D eigenvalue weighted by Gasteiger charge is 2.48. The number of Topliss-reactive ketones (excluding diaryl/α,β-unsaturated/α-hetero) is 1. The number of benzene rings is 1. The molecule has 2 unspecified atom stereocenters. The molecule has 1 N–H and O–H groups in total. The van der Waals surface area contributed by atoms with Gasteiger partial charge in [-0.25, -0.2) is 0 Å². The van der Waals surface area contributed by atoms with Crippen molar-refractivity contribution < 1.29 is 9.90 Å². The molecule has 2 saturated carbocycles. The lowest BCUT2D eigenvalue weighted by Crippen LogP contribution is -2.42. The first-order chi connectivity index (χ1) is 12.4. The monoisotopic (exact) mass is 370 g/mol. The molecule has 0 aliphatic heterocycles. The van der Waals surface area contributed by atoms with E-state index in [4.69, 9.17) is 0 Å². The smallest absolute Gasteiger partial charge is 0.136 e. The summed E-state index contributed by atoms with van der Waals surface area (Å²) in [4.78, 5) is 12.6. The lowest BCUT2D eigenvalue weighted by molar-refractivity contribution is -0.130. The van der Waals surface area contributed by atoms with Gasteiger partial charge in [0.1, 0.15) is 11.5 Å². The van der Waals surface area contributed by atoms with E-state index in [2.05, 4.69) is 53.7 Å². The van der Waals surface area contributed by atoms with Crippen molar-refractivity contribution in [2.75, 3.05) is 0 Å². The van der Waals surface area contributed by atoms with Gasteiger partial charge in [0.15, 0.2) is 0 Å². The van der Waals surface area contributed by atoms with Crippen LogP contribution in [0.15, 0.2) is 18.2 Å². The van der Waals surface area contributed by atoms with Crippen LogP contribution in [0.3, 0.4) is 0 Å². The van der Waals surface area contributed by atoms with Gasteiger partial charge in [-0.2, -0.15) is 0 Å². The minimum atomic E-state index is -0.0731. The van der Waals surface area contributed by atoms with Gasteiger partial charge in [-0.05, 0) is 65.0 Å². The van der Waals surface area contributed by atoms with E-state index in [9.17, 15) is 9.90 Å². The van der Waals surface area contributed by atoms with E-state index in [1.54, 1.807) is 0 Å². The summed E-state index contributed by atoms with van der Waals surface area (Å²) < 4.78 is 0. The molecule has 0 amide bonds. The normalized spacial score (nSPS) is 26.4. The minimum absolute atomic E-state index is 0.0427. The summed E-state index contributed by atoms with van der Waals surface area (Å²) in [5.41, 5.74) is 2.59. The fourth-order valence-corrected chi connectivity index (χ4v) is 5.75. The predicted molar refractivity (Wildman–Crippen MR) is 112 cm³/mol. The summed E-state index contributed by atoms with van der Waals surface area (Å²) in [7, 11) is 0. The van der Waals surface area contributed by atoms with Crippen molar-refractivity contribution in [1.29, 1.82) is 0 Å². The van der Waals surface area contributed by atoms with Gasteiger partial charge in [0.25, 0.3) is 0 Å². The molecule has 150 valence electrons. The van der Waals surface area contributed by atoms with Crippen LogP contribution in [0.25, 0.3) is 0 Å². The maximum atomic E-state index is 12.6. The summed E-state index contributed by atoms with van der Waals surface area (Å²) in [6, 6.07) is 6.35. The van der Waals surface area contributed by atoms with Crippen molar-refractivity contribution >= 4 is 5.78 Å². The summed E-state index contributed by atoms with van der Waals surface area (Å²) in [5, 5.41) is 10.4. The van der Waals surface area contributed by atoms with Crippen LogP contribution < -0.4 is 0 Å². The van der Waals surface area contributed by atoms with E-state index in [0.29, 0.717) is 17.5 Å². The Morgan fingerprint density at radius 3 is 2.22 bits per heavy atom. The average molecular weight is 371 g/mol. The molecule has 2 atom stereocenters. The third-order valence-corrected chi connectivity index (χ3v) is 7.35. The summed E-state index contributed by atoms with van der Waals surface area (Å²) in [6.07, 6.45) is 7.77. The molecule has 2 aliphatic carbocycles. The molecular formula is C25H38O2. The lowest BCUT2D eigenvalue weighted by atomic mass is 9.58. The molecule has 27 heavy (non-hydrogen) atoms. The van der Waals surface area contributed by atoms with E-state index >= 15 is 0 Å². The third-order valence-electron chi connectivity index (χ3n) is 7.35. The number of aromatic hydroxyl groups is 1. The van der Waals surface area contributed by atoms with Gasteiger partial charge in [0.2, 0.25) is 0 Å². The van der Waals surface area contributed by atoms with E-state index in [1.807, 2.05) is 6.07 Å². The Hall–Kier alpha value is -1.31. The zero-order valence-corrected chi connectivity index (χ0v) is 18.2. The van der Waals surface area contributed by atoms with E-state index in [0.717, 1.165) is 24.8 Å². The second-order valence-corrected chi connectivity index (χ2v) is 11.2.